The van der Waals surface area contributed by atoms with Crippen LogP contribution in [0.1, 0.15) is 31.2 Å². The van der Waals surface area contributed by atoms with E-state index in [9.17, 15) is 9.59 Å². The Balaban J connectivity index is 1.49. The first-order chi connectivity index (χ1) is 15.4. The first kappa shape index (κ1) is 22.0. The Kier molecular flexibility index (Phi) is 6.55. The number of aromatic nitrogens is 1. The highest BCUT2D eigenvalue weighted by Gasteiger charge is 2.23. The van der Waals surface area contributed by atoms with E-state index in [1.54, 1.807) is 23.9 Å². The van der Waals surface area contributed by atoms with Gasteiger partial charge in [0.25, 0.3) is 5.56 Å². The van der Waals surface area contributed by atoms with Gasteiger partial charge >= 0.3 is 6.09 Å². The molecule has 1 amide bonds. The lowest BCUT2D eigenvalue weighted by Crippen LogP contribution is -2.39. The van der Waals surface area contributed by atoms with Crippen molar-refractivity contribution in [2.45, 2.75) is 44.3 Å². The molecule has 1 aliphatic rings. The molecule has 0 spiro atoms. The molecule has 3 aromatic rings. The van der Waals surface area contributed by atoms with Crippen molar-refractivity contribution in [3.8, 4) is 5.75 Å². The number of carboxylic acid groups (broad SMARTS) is 1. The molecule has 0 aliphatic heterocycles. The molecular formula is C24H26ClN3O4. The highest BCUT2D eigenvalue weighted by molar-refractivity contribution is 6.34. The number of fused-ring (bicyclic) bond motifs is 1. The van der Waals surface area contributed by atoms with Crippen molar-refractivity contribution < 1.29 is 14.6 Å². The fourth-order valence-electron chi connectivity index (χ4n) is 4.25. The van der Waals surface area contributed by atoms with E-state index in [0.29, 0.717) is 17.0 Å². The lowest BCUT2D eigenvalue weighted by Gasteiger charge is -2.30. The largest absolute Gasteiger partial charge is 0.497 e. The fourth-order valence-corrected chi connectivity index (χ4v) is 4.46. The molecule has 3 N–H and O–H groups in total. The van der Waals surface area contributed by atoms with Crippen molar-refractivity contribution in [3.63, 3.8) is 0 Å². The molecule has 1 heterocycles. The van der Waals surface area contributed by atoms with Crippen LogP contribution >= 0.6 is 11.6 Å². The van der Waals surface area contributed by atoms with Gasteiger partial charge in [0.15, 0.2) is 0 Å². The first-order valence-electron chi connectivity index (χ1n) is 10.6. The van der Waals surface area contributed by atoms with E-state index in [0.717, 1.165) is 48.1 Å². The Morgan fingerprint density at radius 3 is 2.47 bits per heavy atom. The summed E-state index contributed by atoms with van der Waals surface area (Å²) >= 11 is 6.52. The molecule has 0 radical (unpaired) electrons. The summed E-state index contributed by atoms with van der Waals surface area (Å²) in [5, 5.41) is 16.8. The number of amides is 1. The molecule has 32 heavy (non-hydrogen) atoms. The maximum Gasteiger partial charge on any atom is 0.404 e. The second-order valence-electron chi connectivity index (χ2n) is 8.16. The van der Waals surface area contributed by atoms with Crippen molar-refractivity contribution in [1.82, 2.24) is 9.88 Å². The van der Waals surface area contributed by atoms with Gasteiger partial charge in [0, 0.05) is 23.7 Å². The highest BCUT2D eigenvalue weighted by atomic mass is 35.5. The minimum absolute atomic E-state index is 0.00166. The highest BCUT2D eigenvalue weighted by Crippen LogP contribution is 2.30. The summed E-state index contributed by atoms with van der Waals surface area (Å²) in [6, 6.07) is 13.4. The number of halogens is 1. The van der Waals surface area contributed by atoms with E-state index in [1.807, 2.05) is 36.4 Å². The zero-order chi connectivity index (χ0) is 22.7. The molecule has 0 bridgehead atoms. The summed E-state index contributed by atoms with van der Waals surface area (Å²) in [6.07, 6.45) is 4.09. The van der Waals surface area contributed by atoms with Gasteiger partial charge in [0.2, 0.25) is 0 Å². The smallest absolute Gasteiger partial charge is 0.404 e. The van der Waals surface area contributed by atoms with Crippen LogP contribution in [-0.2, 0) is 6.54 Å². The van der Waals surface area contributed by atoms with Crippen LogP contribution in [0.3, 0.4) is 0 Å². The second-order valence-corrected chi connectivity index (χ2v) is 8.57. The number of rotatable bonds is 6. The minimum Gasteiger partial charge on any atom is -0.497 e. The van der Waals surface area contributed by atoms with E-state index >= 15 is 0 Å². The lowest BCUT2D eigenvalue weighted by atomic mass is 9.91. The molecule has 1 fully saturated rings. The number of hydrogen-bond acceptors (Lipinski definition) is 4. The van der Waals surface area contributed by atoms with E-state index < -0.39 is 6.09 Å². The lowest BCUT2D eigenvalue weighted by molar-refractivity contribution is 0.185. The van der Waals surface area contributed by atoms with Crippen LogP contribution in [0.2, 0.25) is 5.02 Å². The summed E-state index contributed by atoms with van der Waals surface area (Å²) in [5.41, 5.74) is 1.71. The second kappa shape index (κ2) is 9.53. The van der Waals surface area contributed by atoms with Crippen LogP contribution < -0.4 is 20.9 Å². The van der Waals surface area contributed by atoms with E-state index in [4.69, 9.17) is 21.4 Å². The molecule has 0 unspecified atom stereocenters. The third-order valence-corrected chi connectivity index (χ3v) is 6.30. The number of methoxy groups -OCH3 is 1. The average molecular weight is 456 g/mol. The van der Waals surface area contributed by atoms with Gasteiger partial charge in [0.05, 0.1) is 24.4 Å². The third kappa shape index (κ3) is 4.99. The number of ether oxygens (including phenoxy) is 1. The predicted octanol–water partition coefficient (Wildman–Crippen LogP) is 4.70. The molecular weight excluding hydrogens is 430 g/mol. The van der Waals surface area contributed by atoms with Crippen LogP contribution in [0.5, 0.6) is 5.75 Å². The van der Waals surface area contributed by atoms with Crippen LogP contribution in [0, 0.1) is 0 Å². The Hall–Kier alpha value is -3.19. The molecule has 168 valence electrons. The Morgan fingerprint density at radius 2 is 1.81 bits per heavy atom. The Bertz CT molecular complexity index is 1170. The number of nitrogens with one attached hydrogen (secondary N) is 2. The van der Waals surface area contributed by atoms with E-state index in [2.05, 4.69) is 10.6 Å². The summed E-state index contributed by atoms with van der Waals surface area (Å²) in [7, 11) is 1.62. The van der Waals surface area contributed by atoms with Gasteiger partial charge in [-0.25, -0.2) is 4.79 Å². The molecule has 7 nitrogen and oxygen atoms in total. The molecule has 0 atom stereocenters. The number of pyridine rings is 1. The van der Waals surface area contributed by atoms with Crippen molar-refractivity contribution in [1.29, 1.82) is 0 Å². The molecule has 0 saturated heterocycles. The predicted molar refractivity (Wildman–Crippen MR) is 126 cm³/mol. The van der Waals surface area contributed by atoms with Gasteiger partial charge in [-0.15, -0.1) is 0 Å². The zero-order valence-corrected chi connectivity index (χ0v) is 18.6. The monoisotopic (exact) mass is 455 g/mol. The van der Waals surface area contributed by atoms with Crippen molar-refractivity contribution in [2.24, 2.45) is 0 Å². The maximum atomic E-state index is 13.0. The van der Waals surface area contributed by atoms with Gasteiger partial charge in [-0.2, -0.15) is 0 Å². The summed E-state index contributed by atoms with van der Waals surface area (Å²) in [4.78, 5) is 23.9. The SMILES string of the molecule is COc1ccc(Cn2ccc3cc(N[C@H]4CC[C@@H](NC(=O)O)CC4)c(Cl)cc3c2=O)cc1. The van der Waals surface area contributed by atoms with Crippen molar-refractivity contribution in [3.05, 3.63) is 69.6 Å². The summed E-state index contributed by atoms with van der Waals surface area (Å²) in [6.45, 7) is 0.462. The van der Waals surface area contributed by atoms with Gasteiger partial charge in [-0.3, -0.25) is 4.79 Å². The third-order valence-electron chi connectivity index (χ3n) is 5.99. The number of benzene rings is 2. The van der Waals surface area contributed by atoms with E-state index in [1.165, 1.54) is 0 Å². The number of nitrogens with zero attached hydrogens (tertiary/aromatic N) is 1. The fraction of sp³-hybridized carbons (Fsp3) is 0.333. The molecule has 4 rings (SSSR count). The van der Waals surface area contributed by atoms with Gasteiger partial charge < -0.3 is 25.0 Å². The summed E-state index contributed by atoms with van der Waals surface area (Å²) in [5.74, 6) is 0.776. The van der Waals surface area contributed by atoms with Crippen LogP contribution in [0.25, 0.3) is 10.8 Å². The topological polar surface area (TPSA) is 92.6 Å². The van der Waals surface area contributed by atoms with Gasteiger partial charge in [0.1, 0.15) is 5.75 Å². The maximum absolute atomic E-state index is 13.0. The average Bonchev–Trinajstić information content (AvgIpc) is 2.78. The van der Waals surface area contributed by atoms with Crippen molar-refractivity contribution >= 4 is 34.2 Å². The Morgan fingerprint density at radius 1 is 1.12 bits per heavy atom. The number of hydrogen-bond donors (Lipinski definition) is 3. The van der Waals surface area contributed by atoms with E-state index in [-0.39, 0.29) is 17.6 Å². The summed E-state index contributed by atoms with van der Waals surface area (Å²) < 4.78 is 6.86. The van der Waals surface area contributed by atoms with Crippen LogP contribution in [0.15, 0.2) is 53.5 Å². The normalized spacial score (nSPS) is 18.3. The van der Waals surface area contributed by atoms with Gasteiger partial charge in [-0.1, -0.05) is 23.7 Å². The molecule has 8 heteroatoms. The quantitative estimate of drug-likeness (QED) is 0.501. The molecule has 1 saturated carbocycles. The number of carbonyl (C=O) groups is 1. The minimum atomic E-state index is -0.975. The standard InChI is InChI=1S/C24H26ClN3O4/c1-32-19-8-2-15(3-9-19)14-28-11-10-16-12-22(21(25)13-20(16)23(28)29)26-17-4-6-18(7-5-17)27-24(30)31/h2-3,8-13,17-18,26-27H,4-7,14H2,1H3,(H,30,31)/t17-,18+. The van der Waals surface area contributed by atoms with Crippen molar-refractivity contribution in [2.75, 3.05) is 12.4 Å². The molecule has 1 aliphatic carbocycles. The first-order valence-corrected chi connectivity index (χ1v) is 11.0. The van der Waals surface area contributed by atoms with Crippen LogP contribution in [0.4, 0.5) is 10.5 Å². The number of anilines is 1. The van der Waals surface area contributed by atoms with Crippen LogP contribution in [-0.4, -0.2) is 35.0 Å². The molecule has 1 aromatic heterocycles. The zero-order valence-electron chi connectivity index (χ0n) is 17.8. The molecule has 2 aromatic carbocycles. The Labute approximate surface area is 191 Å². The van der Waals surface area contributed by atoms with Gasteiger partial charge in [-0.05, 0) is 67.0 Å².